The molecule has 0 spiro atoms. The highest BCUT2D eigenvalue weighted by Gasteiger charge is 2.28. The molecule has 1 aromatic heterocycles. The maximum atomic E-state index is 5.85. The standard InChI is InChI=1S/C12H19N3O/c1-16-10-5-7-15(9-10)12(8-13)11-4-2-3-6-14-11/h2-4,6,10,12H,5,7-9,13H2,1H3. The third-order valence-corrected chi connectivity index (χ3v) is 3.20. The van der Waals surface area contributed by atoms with E-state index in [1.54, 1.807) is 7.11 Å². The van der Waals surface area contributed by atoms with Gasteiger partial charge < -0.3 is 10.5 Å². The van der Waals surface area contributed by atoms with E-state index in [4.69, 9.17) is 10.5 Å². The Morgan fingerprint density at radius 2 is 2.50 bits per heavy atom. The number of nitrogens with two attached hydrogens (primary N) is 1. The van der Waals surface area contributed by atoms with E-state index in [-0.39, 0.29) is 6.04 Å². The summed E-state index contributed by atoms with van der Waals surface area (Å²) >= 11 is 0. The minimum atomic E-state index is 0.223. The van der Waals surface area contributed by atoms with Gasteiger partial charge in [-0.3, -0.25) is 9.88 Å². The second-order valence-electron chi connectivity index (χ2n) is 4.15. The summed E-state index contributed by atoms with van der Waals surface area (Å²) in [7, 11) is 1.77. The first-order valence-corrected chi connectivity index (χ1v) is 5.73. The molecule has 16 heavy (non-hydrogen) atoms. The first-order valence-electron chi connectivity index (χ1n) is 5.73. The number of aromatic nitrogens is 1. The quantitative estimate of drug-likeness (QED) is 0.817. The molecule has 2 unspecified atom stereocenters. The summed E-state index contributed by atoms with van der Waals surface area (Å²) in [4.78, 5) is 6.74. The number of rotatable bonds is 4. The molecule has 1 aromatic rings. The third-order valence-electron chi connectivity index (χ3n) is 3.20. The fraction of sp³-hybridized carbons (Fsp3) is 0.583. The fourth-order valence-electron chi connectivity index (χ4n) is 2.26. The van der Waals surface area contributed by atoms with E-state index in [1.165, 1.54) is 0 Å². The lowest BCUT2D eigenvalue weighted by molar-refractivity contribution is 0.101. The smallest absolute Gasteiger partial charge is 0.0710 e. The second-order valence-corrected chi connectivity index (χ2v) is 4.15. The van der Waals surface area contributed by atoms with Gasteiger partial charge in [0.15, 0.2) is 0 Å². The Labute approximate surface area is 96.4 Å². The van der Waals surface area contributed by atoms with Crippen LogP contribution in [0.2, 0.25) is 0 Å². The predicted molar refractivity (Wildman–Crippen MR) is 63.0 cm³/mol. The molecular weight excluding hydrogens is 202 g/mol. The normalized spacial score (nSPS) is 23.5. The van der Waals surface area contributed by atoms with E-state index >= 15 is 0 Å². The van der Waals surface area contributed by atoms with E-state index in [0.717, 1.165) is 25.2 Å². The highest BCUT2D eigenvalue weighted by atomic mass is 16.5. The molecule has 0 amide bonds. The maximum Gasteiger partial charge on any atom is 0.0710 e. The van der Waals surface area contributed by atoms with Crippen LogP contribution in [-0.4, -0.2) is 42.7 Å². The van der Waals surface area contributed by atoms with Crippen molar-refractivity contribution in [3.63, 3.8) is 0 Å². The summed E-state index contributed by atoms with van der Waals surface area (Å²) in [6, 6.07) is 6.20. The molecule has 0 aliphatic carbocycles. The minimum Gasteiger partial charge on any atom is -0.380 e. The van der Waals surface area contributed by atoms with Gasteiger partial charge in [0.2, 0.25) is 0 Å². The second kappa shape index (κ2) is 5.39. The molecule has 1 aliphatic rings. The van der Waals surface area contributed by atoms with Crippen molar-refractivity contribution in [1.29, 1.82) is 0 Å². The molecule has 0 aromatic carbocycles. The summed E-state index contributed by atoms with van der Waals surface area (Å²) < 4.78 is 5.37. The minimum absolute atomic E-state index is 0.223. The van der Waals surface area contributed by atoms with Crippen LogP contribution in [0.1, 0.15) is 18.2 Å². The van der Waals surface area contributed by atoms with Crippen LogP contribution >= 0.6 is 0 Å². The Balaban J connectivity index is 2.06. The molecular formula is C12H19N3O. The molecule has 0 radical (unpaired) electrons. The van der Waals surface area contributed by atoms with Gasteiger partial charge in [0.25, 0.3) is 0 Å². The van der Waals surface area contributed by atoms with Crippen molar-refractivity contribution in [1.82, 2.24) is 9.88 Å². The average Bonchev–Trinajstić information content (AvgIpc) is 2.80. The molecule has 0 bridgehead atoms. The highest BCUT2D eigenvalue weighted by Crippen LogP contribution is 2.23. The molecule has 2 rings (SSSR count). The van der Waals surface area contributed by atoms with Crippen LogP contribution in [0.5, 0.6) is 0 Å². The van der Waals surface area contributed by atoms with Crippen molar-refractivity contribution in [3.8, 4) is 0 Å². The fourth-order valence-corrected chi connectivity index (χ4v) is 2.26. The Morgan fingerprint density at radius 3 is 3.06 bits per heavy atom. The number of nitrogens with zero attached hydrogens (tertiary/aromatic N) is 2. The Morgan fingerprint density at radius 1 is 1.62 bits per heavy atom. The third kappa shape index (κ3) is 2.40. The Hall–Kier alpha value is -0.970. The van der Waals surface area contributed by atoms with Crippen LogP contribution in [0.15, 0.2) is 24.4 Å². The summed E-state index contributed by atoms with van der Waals surface area (Å²) in [5.74, 6) is 0. The Kier molecular flexibility index (Phi) is 3.88. The van der Waals surface area contributed by atoms with Crippen LogP contribution in [-0.2, 0) is 4.74 Å². The van der Waals surface area contributed by atoms with Gasteiger partial charge in [0, 0.05) is 32.9 Å². The molecule has 1 saturated heterocycles. The lowest BCUT2D eigenvalue weighted by Crippen LogP contribution is -2.33. The number of pyridine rings is 1. The summed E-state index contributed by atoms with van der Waals surface area (Å²) in [6.45, 7) is 2.60. The van der Waals surface area contributed by atoms with Gasteiger partial charge in [-0.2, -0.15) is 0 Å². The van der Waals surface area contributed by atoms with Crippen molar-refractivity contribution in [2.24, 2.45) is 5.73 Å². The largest absolute Gasteiger partial charge is 0.380 e. The van der Waals surface area contributed by atoms with Crippen LogP contribution < -0.4 is 5.73 Å². The van der Waals surface area contributed by atoms with Crippen LogP contribution in [0, 0.1) is 0 Å². The molecule has 2 atom stereocenters. The van der Waals surface area contributed by atoms with Crippen molar-refractivity contribution >= 4 is 0 Å². The predicted octanol–water partition coefficient (Wildman–Crippen LogP) is 0.802. The highest BCUT2D eigenvalue weighted by molar-refractivity contribution is 5.10. The lowest BCUT2D eigenvalue weighted by atomic mass is 10.1. The van der Waals surface area contributed by atoms with Gasteiger partial charge in [-0.25, -0.2) is 0 Å². The maximum absolute atomic E-state index is 5.85. The van der Waals surface area contributed by atoms with Gasteiger partial charge in [0.1, 0.15) is 0 Å². The number of likely N-dealkylation sites (tertiary alicyclic amines) is 1. The topological polar surface area (TPSA) is 51.4 Å². The van der Waals surface area contributed by atoms with Crippen molar-refractivity contribution in [2.75, 3.05) is 26.7 Å². The molecule has 88 valence electrons. The first kappa shape index (κ1) is 11.5. The summed E-state index contributed by atoms with van der Waals surface area (Å²) in [6.07, 6.45) is 3.25. The number of ether oxygens (including phenoxy) is 1. The number of hydrogen-bond donors (Lipinski definition) is 1. The van der Waals surface area contributed by atoms with Crippen molar-refractivity contribution in [2.45, 2.75) is 18.6 Å². The average molecular weight is 221 g/mol. The van der Waals surface area contributed by atoms with Crippen molar-refractivity contribution in [3.05, 3.63) is 30.1 Å². The molecule has 1 aliphatic heterocycles. The van der Waals surface area contributed by atoms with Crippen LogP contribution in [0.25, 0.3) is 0 Å². The summed E-state index contributed by atoms with van der Waals surface area (Å²) in [5.41, 5.74) is 6.91. The number of methoxy groups -OCH3 is 1. The van der Waals surface area contributed by atoms with Crippen molar-refractivity contribution < 1.29 is 4.74 Å². The van der Waals surface area contributed by atoms with E-state index in [9.17, 15) is 0 Å². The zero-order valence-electron chi connectivity index (χ0n) is 9.67. The molecule has 4 nitrogen and oxygen atoms in total. The molecule has 2 heterocycles. The zero-order valence-corrected chi connectivity index (χ0v) is 9.67. The van der Waals surface area contributed by atoms with E-state index < -0.39 is 0 Å². The Bertz CT molecular complexity index is 317. The zero-order chi connectivity index (χ0) is 11.4. The van der Waals surface area contributed by atoms with Gasteiger partial charge in [0.05, 0.1) is 17.8 Å². The monoisotopic (exact) mass is 221 g/mol. The van der Waals surface area contributed by atoms with E-state index in [2.05, 4.69) is 9.88 Å². The summed E-state index contributed by atoms with van der Waals surface area (Å²) in [5, 5.41) is 0. The van der Waals surface area contributed by atoms with Crippen LogP contribution in [0.4, 0.5) is 0 Å². The van der Waals surface area contributed by atoms with E-state index in [1.807, 2.05) is 24.4 Å². The van der Waals surface area contributed by atoms with E-state index in [0.29, 0.717) is 12.6 Å². The molecule has 0 saturated carbocycles. The van der Waals surface area contributed by atoms with Gasteiger partial charge in [-0.15, -0.1) is 0 Å². The van der Waals surface area contributed by atoms with Gasteiger partial charge in [-0.05, 0) is 18.6 Å². The molecule has 2 N–H and O–H groups in total. The lowest BCUT2D eigenvalue weighted by Gasteiger charge is -2.25. The first-order chi connectivity index (χ1) is 7.85. The SMILES string of the molecule is COC1CCN(C(CN)c2ccccn2)C1. The number of hydrogen-bond acceptors (Lipinski definition) is 4. The van der Waals surface area contributed by atoms with Gasteiger partial charge >= 0.3 is 0 Å². The van der Waals surface area contributed by atoms with Crippen LogP contribution in [0.3, 0.4) is 0 Å². The molecule has 1 fully saturated rings. The molecule has 4 heteroatoms. The van der Waals surface area contributed by atoms with Gasteiger partial charge in [-0.1, -0.05) is 6.07 Å².